The Labute approximate surface area is 178 Å². The van der Waals surface area contributed by atoms with Crippen LogP contribution in [0.25, 0.3) is 10.4 Å². The van der Waals surface area contributed by atoms with Crippen LogP contribution in [0.15, 0.2) is 41.8 Å². The maximum absolute atomic E-state index is 13.3. The second-order valence-corrected chi connectivity index (χ2v) is 9.72. The molecule has 0 N–H and O–H groups in total. The van der Waals surface area contributed by atoms with Crippen molar-refractivity contribution in [1.82, 2.24) is 9.80 Å². The number of hydrogen-bond acceptors (Lipinski definition) is 3. The van der Waals surface area contributed by atoms with Gasteiger partial charge in [-0.15, -0.1) is 11.3 Å². The largest absolute Gasteiger partial charge is 0.348 e. The molecule has 0 radical (unpaired) electrons. The Morgan fingerprint density at radius 3 is 2.38 bits per heavy atom. The van der Waals surface area contributed by atoms with Gasteiger partial charge in [0.1, 0.15) is 0 Å². The molecular weight excluding hydrogens is 380 g/mol. The molecule has 1 saturated heterocycles. The molecule has 1 fully saturated rings. The number of nitrogens with zero attached hydrogens (tertiary/aromatic N) is 2. The molecular formula is C24H32N2O2S. The van der Waals surface area contributed by atoms with E-state index in [4.69, 9.17) is 0 Å². The third kappa shape index (κ3) is 4.89. The summed E-state index contributed by atoms with van der Waals surface area (Å²) in [7, 11) is 3.68. The van der Waals surface area contributed by atoms with Gasteiger partial charge in [0.25, 0.3) is 0 Å². The summed E-state index contributed by atoms with van der Waals surface area (Å²) < 4.78 is 0. The Hall–Kier alpha value is -2.14. The number of rotatable bonds is 6. The van der Waals surface area contributed by atoms with Crippen molar-refractivity contribution < 1.29 is 9.59 Å². The maximum atomic E-state index is 13.3. The topological polar surface area (TPSA) is 40.6 Å². The number of likely N-dealkylation sites (tertiary alicyclic amines) is 1. The first-order valence-electron chi connectivity index (χ1n) is 10.4. The predicted octanol–water partition coefficient (Wildman–Crippen LogP) is 4.70. The molecule has 2 aromatic rings. The molecule has 4 nitrogen and oxygen atoms in total. The summed E-state index contributed by atoms with van der Waals surface area (Å²) in [5, 5.41) is 2.09. The molecule has 1 aliphatic heterocycles. The molecule has 156 valence electrons. The first-order valence-corrected chi connectivity index (χ1v) is 11.3. The molecule has 0 saturated carbocycles. The van der Waals surface area contributed by atoms with Gasteiger partial charge in [0.05, 0.1) is 5.41 Å². The summed E-state index contributed by atoms with van der Waals surface area (Å²) in [4.78, 5) is 30.7. The van der Waals surface area contributed by atoms with Crippen LogP contribution in [0, 0.1) is 11.3 Å². The van der Waals surface area contributed by atoms with Gasteiger partial charge >= 0.3 is 0 Å². The fourth-order valence-electron chi connectivity index (χ4n) is 4.31. The average molecular weight is 413 g/mol. The predicted molar refractivity (Wildman–Crippen MR) is 120 cm³/mol. The minimum absolute atomic E-state index is 0.175. The van der Waals surface area contributed by atoms with E-state index in [1.54, 1.807) is 16.2 Å². The lowest BCUT2D eigenvalue weighted by atomic mass is 9.72. The van der Waals surface area contributed by atoms with E-state index in [2.05, 4.69) is 55.6 Å². The number of piperidine rings is 1. The highest BCUT2D eigenvalue weighted by molar-refractivity contribution is 7.13. The van der Waals surface area contributed by atoms with Crippen LogP contribution in [0.5, 0.6) is 0 Å². The SMILES string of the molecule is CC(C)CC(=O)N1CCC(Cc2ccccc2-c2cccs2)(C(=O)N(C)C)CC1. The van der Waals surface area contributed by atoms with E-state index in [-0.39, 0.29) is 11.8 Å². The summed E-state index contributed by atoms with van der Waals surface area (Å²) in [6.07, 6.45) is 2.72. The molecule has 2 amide bonds. The van der Waals surface area contributed by atoms with Crippen molar-refractivity contribution in [3.8, 4) is 10.4 Å². The van der Waals surface area contributed by atoms with Crippen molar-refractivity contribution in [2.24, 2.45) is 11.3 Å². The van der Waals surface area contributed by atoms with Gasteiger partial charge in [-0.2, -0.15) is 0 Å². The van der Waals surface area contributed by atoms with Gasteiger partial charge in [0.2, 0.25) is 11.8 Å². The third-order valence-electron chi connectivity index (χ3n) is 5.85. The number of hydrogen-bond donors (Lipinski definition) is 0. The van der Waals surface area contributed by atoms with Crippen molar-refractivity contribution in [3.63, 3.8) is 0 Å². The summed E-state index contributed by atoms with van der Waals surface area (Å²) in [6.45, 7) is 5.46. The molecule has 0 atom stereocenters. The Balaban J connectivity index is 1.85. The van der Waals surface area contributed by atoms with Crippen molar-refractivity contribution in [2.75, 3.05) is 27.2 Å². The van der Waals surface area contributed by atoms with E-state index in [9.17, 15) is 9.59 Å². The van der Waals surface area contributed by atoms with Crippen molar-refractivity contribution in [2.45, 2.75) is 39.5 Å². The number of carbonyl (C=O) groups is 2. The minimum Gasteiger partial charge on any atom is -0.348 e. The molecule has 1 aromatic carbocycles. The Kier molecular flexibility index (Phi) is 6.78. The van der Waals surface area contributed by atoms with Crippen LogP contribution < -0.4 is 0 Å². The zero-order chi connectivity index (χ0) is 21.0. The van der Waals surface area contributed by atoms with Crippen LogP contribution in [0.4, 0.5) is 0 Å². The number of carbonyl (C=O) groups excluding carboxylic acids is 2. The molecule has 1 aliphatic rings. The van der Waals surface area contributed by atoms with Crippen molar-refractivity contribution >= 4 is 23.2 Å². The van der Waals surface area contributed by atoms with Crippen molar-refractivity contribution in [3.05, 3.63) is 47.3 Å². The van der Waals surface area contributed by atoms with Crippen molar-refractivity contribution in [1.29, 1.82) is 0 Å². The smallest absolute Gasteiger partial charge is 0.228 e. The van der Waals surface area contributed by atoms with E-state index in [0.29, 0.717) is 44.7 Å². The second kappa shape index (κ2) is 9.12. The Bertz CT molecular complexity index is 834. The lowest BCUT2D eigenvalue weighted by Crippen LogP contribution is -2.51. The summed E-state index contributed by atoms with van der Waals surface area (Å²) in [5.41, 5.74) is 1.98. The fourth-order valence-corrected chi connectivity index (χ4v) is 5.10. The van der Waals surface area contributed by atoms with Gasteiger partial charge in [-0.1, -0.05) is 44.2 Å². The molecule has 0 aliphatic carbocycles. The van der Waals surface area contributed by atoms with Crippen LogP contribution in [0.2, 0.25) is 0 Å². The van der Waals surface area contributed by atoms with Gasteiger partial charge in [-0.05, 0) is 47.8 Å². The highest BCUT2D eigenvalue weighted by Crippen LogP contribution is 2.40. The van der Waals surface area contributed by atoms with E-state index in [0.717, 1.165) is 0 Å². The number of amides is 2. The maximum Gasteiger partial charge on any atom is 0.228 e. The standard InChI is InChI=1S/C24H32N2O2S/c1-18(2)16-22(27)26-13-11-24(12-14-26,23(28)25(3)4)17-19-8-5-6-9-20(19)21-10-7-15-29-21/h5-10,15,18H,11-14,16-17H2,1-4H3. The lowest BCUT2D eigenvalue weighted by molar-refractivity contribution is -0.146. The molecule has 5 heteroatoms. The van der Waals surface area contributed by atoms with E-state index in [1.165, 1.54) is 16.0 Å². The first-order chi connectivity index (χ1) is 13.8. The van der Waals surface area contributed by atoms with Crippen LogP contribution >= 0.6 is 11.3 Å². The Morgan fingerprint density at radius 2 is 1.79 bits per heavy atom. The molecule has 2 heterocycles. The summed E-state index contributed by atoms with van der Waals surface area (Å²) >= 11 is 1.73. The summed E-state index contributed by atoms with van der Waals surface area (Å²) in [5.74, 6) is 0.745. The molecule has 0 bridgehead atoms. The normalized spacial score (nSPS) is 16.1. The average Bonchev–Trinajstić information content (AvgIpc) is 3.22. The monoisotopic (exact) mass is 412 g/mol. The van der Waals surface area contributed by atoms with Crippen LogP contribution in [0.1, 0.15) is 38.7 Å². The third-order valence-corrected chi connectivity index (χ3v) is 6.75. The summed E-state index contributed by atoms with van der Waals surface area (Å²) in [6, 6.07) is 12.6. The van der Waals surface area contributed by atoms with Gasteiger partial charge in [0, 0.05) is 38.5 Å². The molecule has 3 rings (SSSR count). The first kappa shape index (κ1) is 21.6. The number of thiophene rings is 1. The van der Waals surface area contributed by atoms with Gasteiger partial charge < -0.3 is 9.80 Å². The van der Waals surface area contributed by atoms with E-state index < -0.39 is 5.41 Å². The molecule has 1 aromatic heterocycles. The molecule has 0 spiro atoms. The van der Waals surface area contributed by atoms with Gasteiger partial charge in [-0.25, -0.2) is 0 Å². The zero-order valence-electron chi connectivity index (χ0n) is 18.0. The Morgan fingerprint density at radius 1 is 1.10 bits per heavy atom. The highest BCUT2D eigenvalue weighted by atomic mass is 32.1. The molecule has 0 unspecified atom stereocenters. The van der Waals surface area contributed by atoms with E-state index >= 15 is 0 Å². The minimum atomic E-state index is -0.453. The number of benzene rings is 1. The van der Waals surface area contributed by atoms with Crippen LogP contribution in [-0.2, 0) is 16.0 Å². The zero-order valence-corrected chi connectivity index (χ0v) is 18.8. The second-order valence-electron chi connectivity index (χ2n) is 8.77. The quantitative estimate of drug-likeness (QED) is 0.690. The van der Waals surface area contributed by atoms with Crippen LogP contribution in [-0.4, -0.2) is 48.8 Å². The van der Waals surface area contributed by atoms with Gasteiger partial charge in [0.15, 0.2) is 0 Å². The van der Waals surface area contributed by atoms with E-state index in [1.807, 2.05) is 19.0 Å². The molecule has 29 heavy (non-hydrogen) atoms. The lowest BCUT2D eigenvalue weighted by Gasteiger charge is -2.42. The highest BCUT2D eigenvalue weighted by Gasteiger charge is 2.43. The van der Waals surface area contributed by atoms with Gasteiger partial charge in [-0.3, -0.25) is 9.59 Å². The van der Waals surface area contributed by atoms with Crippen LogP contribution in [0.3, 0.4) is 0 Å². The fraction of sp³-hybridized carbons (Fsp3) is 0.500.